The average molecular weight is 378 g/mol. The number of pyridine rings is 1. The predicted molar refractivity (Wildman–Crippen MR) is 103 cm³/mol. The van der Waals surface area contributed by atoms with Crippen LogP contribution in [0.25, 0.3) is 11.4 Å². The highest BCUT2D eigenvalue weighted by atomic mass is 32.2. The van der Waals surface area contributed by atoms with E-state index in [2.05, 4.69) is 20.5 Å². The largest absolute Gasteiger partial charge is 0.354 e. The monoisotopic (exact) mass is 378 g/mol. The Morgan fingerprint density at radius 3 is 2.67 bits per heavy atom. The Balaban J connectivity index is 1.80. The van der Waals surface area contributed by atoms with E-state index in [1.165, 1.54) is 11.8 Å². The number of amides is 1. The minimum atomic E-state index is -0.130. The summed E-state index contributed by atoms with van der Waals surface area (Å²) in [6.07, 6.45) is 3.73. The molecular weight excluding hydrogens is 360 g/mol. The Hall–Kier alpha value is -3.18. The van der Waals surface area contributed by atoms with Crippen LogP contribution in [0.2, 0.25) is 0 Å². The van der Waals surface area contributed by atoms with Crippen molar-refractivity contribution in [2.24, 2.45) is 0 Å². The molecule has 0 unspecified atom stereocenters. The summed E-state index contributed by atoms with van der Waals surface area (Å²) in [5, 5.41) is 20.5. The first kappa shape index (κ1) is 18.6. The molecule has 3 rings (SSSR count). The van der Waals surface area contributed by atoms with E-state index in [4.69, 9.17) is 5.26 Å². The number of carbonyl (C=O) groups is 1. The molecule has 0 atom stereocenters. The molecule has 2 aromatic heterocycles. The molecule has 0 aliphatic carbocycles. The highest BCUT2D eigenvalue weighted by Gasteiger charge is 2.16. The first-order valence-corrected chi connectivity index (χ1v) is 9.40. The van der Waals surface area contributed by atoms with Gasteiger partial charge in [-0.05, 0) is 17.7 Å². The molecule has 3 aromatic rings. The highest BCUT2D eigenvalue weighted by molar-refractivity contribution is 7.99. The number of nitrogens with one attached hydrogen (secondary N) is 1. The fraction of sp³-hybridized carbons (Fsp3) is 0.211. The van der Waals surface area contributed by atoms with Crippen molar-refractivity contribution in [1.82, 2.24) is 25.1 Å². The molecule has 0 bridgehead atoms. The lowest BCUT2D eigenvalue weighted by molar-refractivity contribution is -0.118. The van der Waals surface area contributed by atoms with Gasteiger partial charge in [0.15, 0.2) is 11.0 Å². The van der Waals surface area contributed by atoms with Crippen LogP contribution in [0.1, 0.15) is 12.0 Å². The molecule has 0 aliphatic heterocycles. The number of rotatable bonds is 8. The Labute approximate surface area is 161 Å². The molecule has 7 nitrogen and oxygen atoms in total. The zero-order chi connectivity index (χ0) is 18.9. The van der Waals surface area contributed by atoms with Crippen molar-refractivity contribution in [1.29, 1.82) is 5.26 Å². The van der Waals surface area contributed by atoms with Crippen LogP contribution in [0.3, 0.4) is 0 Å². The molecule has 136 valence electrons. The summed E-state index contributed by atoms with van der Waals surface area (Å²) < 4.78 is 2.00. The number of carbonyl (C=O) groups excluding carboxylic acids is 1. The molecule has 0 radical (unpaired) electrons. The van der Waals surface area contributed by atoms with Crippen molar-refractivity contribution in [3.05, 3.63) is 60.4 Å². The van der Waals surface area contributed by atoms with Crippen LogP contribution < -0.4 is 5.32 Å². The zero-order valence-electron chi connectivity index (χ0n) is 14.6. The van der Waals surface area contributed by atoms with Crippen LogP contribution >= 0.6 is 11.8 Å². The molecule has 1 N–H and O–H groups in total. The highest BCUT2D eigenvalue weighted by Crippen LogP contribution is 2.24. The van der Waals surface area contributed by atoms with Gasteiger partial charge < -0.3 is 5.32 Å². The van der Waals surface area contributed by atoms with Gasteiger partial charge in [0, 0.05) is 24.5 Å². The van der Waals surface area contributed by atoms with Crippen LogP contribution in [0.5, 0.6) is 0 Å². The van der Waals surface area contributed by atoms with Crippen LogP contribution in [0, 0.1) is 11.3 Å². The lowest BCUT2D eigenvalue weighted by atomic mass is 10.2. The van der Waals surface area contributed by atoms with Crippen molar-refractivity contribution in [3.63, 3.8) is 0 Å². The number of thioether (sulfide) groups is 1. The SMILES string of the molecule is N#CCCNC(=O)CSc1nnc(-c2ccncc2)n1Cc1ccccc1. The molecule has 0 saturated heterocycles. The van der Waals surface area contributed by atoms with E-state index in [0.717, 1.165) is 17.0 Å². The lowest BCUT2D eigenvalue weighted by Crippen LogP contribution is -2.26. The standard InChI is InChI=1S/C19H18N6OS/c20-9-4-10-22-17(26)14-27-19-24-23-18(16-7-11-21-12-8-16)25(19)13-15-5-2-1-3-6-15/h1-3,5-8,11-12H,4,10,13-14H2,(H,22,26). The van der Waals surface area contributed by atoms with Crippen LogP contribution in [0.4, 0.5) is 0 Å². The molecule has 0 aliphatic rings. The van der Waals surface area contributed by atoms with E-state index in [1.54, 1.807) is 12.4 Å². The first-order chi connectivity index (χ1) is 13.3. The Morgan fingerprint density at radius 2 is 1.93 bits per heavy atom. The summed E-state index contributed by atoms with van der Waals surface area (Å²) in [5.41, 5.74) is 2.03. The van der Waals surface area contributed by atoms with E-state index in [-0.39, 0.29) is 11.7 Å². The fourth-order valence-corrected chi connectivity index (χ4v) is 3.23. The summed E-state index contributed by atoms with van der Waals surface area (Å²) in [5.74, 6) is 0.818. The molecular formula is C19H18N6OS. The van der Waals surface area contributed by atoms with Gasteiger partial charge in [-0.3, -0.25) is 14.3 Å². The third-order valence-corrected chi connectivity index (χ3v) is 4.70. The Morgan fingerprint density at radius 1 is 1.15 bits per heavy atom. The average Bonchev–Trinajstić information content (AvgIpc) is 3.10. The van der Waals surface area contributed by atoms with Crippen molar-refractivity contribution >= 4 is 17.7 Å². The summed E-state index contributed by atoms with van der Waals surface area (Å²) in [6, 6.07) is 15.8. The van der Waals surface area contributed by atoms with Gasteiger partial charge in [0.2, 0.25) is 5.91 Å². The quantitative estimate of drug-likeness (QED) is 0.478. The van der Waals surface area contributed by atoms with Gasteiger partial charge in [0.25, 0.3) is 0 Å². The summed E-state index contributed by atoms with van der Waals surface area (Å²) >= 11 is 1.33. The van der Waals surface area contributed by atoms with Crippen molar-refractivity contribution in [2.75, 3.05) is 12.3 Å². The summed E-state index contributed by atoms with van der Waals surface area (Å²) in [4.78, 5) is 16.0. The van der Waals surface area contributed by atoms with Gasteiger partial charge in [-0.1, -0.05) is 42.1 Å². The van der Waals surface area contributed by atoms with Gasteiger partial charge in [-0.2, -0.15) is 5.26 Å². The molecule has 1 amide bonds. The molecule has 0 spiro atoms. The van der Waals surface area contributed by atoms with Gasteiger partial charge in [0.05, 0.1) is 24.8 Å². The first-order valence-electron chi connectivity index (χ1n) is 8.42. The number of nitrogens with zero attached hydrogens (tertiary/aromatic N) is 5. The predicted octanol–water partition coefficient (Wildman–Crippen LogP) is 2.51. The summed E-state index contributed by atoms with van der Waals surface area (Å²) in [7, 11) is 0. The fourth-order valence-electron chi connectivity index (χ4n) is 2.46. The minimum Gasteiger partial charge on any atom is -0.354 e. The molecule has 0 saturated carbocycles. The van der Waals surface area contributed by atoms with E-state index in [0.29, 0.717) is 24.7 Å². The topological polar surface area (TPSA) is 96.5 Å². The number of hydrogen-bond donors (Lipinski definition) is 1. The van der Waals surface area contributed by atoms with Crippen LogP contribution in [0.15, 0.2) is 60.0 Å². The molecule has 8 heteroatoms. The van der Waals surface area contributed by atoms with Crippen molar-refractivity contribution in [3.8, 4) is 17.5 Å². The second-order valence-corrected chi connectivity index (χ2v) is 6.60. The molecule has 27 heavy (non-hydrogen) atoms. The van der Waals surface area contributed by atoms with Crippen molar-refractivity contribution in [2.45, 2.75) is 18.1 Å². The number of nitriles is 1. The summed E-state index contributed by atoms with van der Waals surface area (Å²) in [6.45, 7) is 0.957. The van der Waals surface area contributed by atoms with Gasteiger partial charge in [-0.15, -0.1) is 10.2 Å². The van der Waals surface area contributed by atoms with E-state index in [1.807, 2.05) is 53.1 Å². The minimum absolute atomic E-state index is 0.130. The Kier molecular flexibility index (Phi) is 6.55. The van der Waals surface area contributed by atoms with E-state index < -0.39 is 0 Å². The van der Waals surface area contributed by atoms with E-state index >= 15 is 0 Å². The van der Waals surface area contributed by atoms with Gasteiger partial charge >= 0.3 is 0 Å². The Bertz CT molecular complexity index is 920. The third kappa shape index (κ3) is 5.15. The second-order valence-electron chi connectivity index (χ2n) is 5.66. The molecule has 0 fully saturated rings. The third-order valence-electron chi connectivity index (χ3n) is 3.73. The maximum absolute atomic E-state index is 11.9. The van der Waals surface area contributed by atoms with Crippen LogP contribution in [-0.2, 0) is 11.3 Å². The van der Waals surface area contributed by atoms with Gasteiger partial charge in [0.1, 0.15) is 0 Å². The van der Waals surface area contributed by atoms with Crippen LogP contribution in [-0.4, -0.2) is 38.0 Å². The zero-order valence-corrected chi connectivity index (χ0v) is 15.4. The van der Waals surface area contributed by atoms with Crippen molar-refractivity contribution < 1.29 is 4.79 Å². The van der Waals surface area contributed by atoms with E-state index in [9.17, 15) is 4.79 Å². The number of aromatic nitrogens is 4. The maximum atomic E-state index is 11.9. The molecule has 1 aromatic carbocycles. The van der Waals surface area contributed by atoms with Gasteiger partial charge in [-0.25, -0.2) is 0 Å². The number of hydrogen-bond acceptors (Lipinski definition) is 6. The maximum Gasteiger partial charge on any atom is 0.230 e. The molecule has 2 heterocycles. The second kappa shape index (κ2) is 9.50. The smallest absolute Gasteiger partial charge is 0.230 e. The lowest BCUT2D eigenvalue weighted by Gasteiger charge is -2.10. The normalized spacial score (nSPS) is 10.3. The number of benzene rings is 1.